The molecule has 1 atom stereocenters. The summed E-state index contributed by atoms with van der Waals surface area (Å²) in [5.41, 5.74) is -2.84. The fourth-order valence-electron chi connectivity index (χ4n) is 2.06. The highest BCUT2D eigenvalue weighted by molar-refractivity contribution is 5.95. The number of benzene rings is 1. The average Bonchev–Trinajstić information content (AvgIpc) is 2.47. The van der Waals surface area contributed by atoms with Crippen LogP contribution in [0.25, 0.3) is 0 Å². The maximum atomic E-state index is 13.3. The Balaban J connectivity index is 2.65. The minimum absolute atomic E-state index is 0.249. The van der Waals surface area contributed by atoms with Crippen LogP contribution in [0.15, 0.2) is 29.5 Å². The van der Waals surface area contributed by atoms with Crippen molar-refractivity contribution in [1.82, 2.24) is 10.6 Å². The first kappa shape index (κ1) is 16.7. The van der Waals surface area contributed by atoms with Crippen molar-refractivity contribution in [3.63, 3.8) is 0 Å². The molecule has 1 aromatic carbocycles. The largest absolute Gasteiger partial charge is 0.466 e. The second-order valence-corrected chi connectivity index (χ2v) is 4.48. The number of esters is 1. The van der Waals surface area contributed by atoms with E-state index >= 15 is 0 Å². The summed E-state index contributed by atoms with van der Waals surface area (Å²) in [6.07, 6.45) is -5.06. The van der Waals surface area contributed by atoms with Crippen molar-refractivity contribution in [3.8, 4) is 0 Å². The van der Waals surface area contributed by atoms with E-state index in [1.807, 2.05) is 5.32 Å². The van der Waals surface area contributed by atoms with Crippen LogP contribution in [0.4, 0.5) is 26.7 Å². The quantitative estimate of drug-likeness (QED) is 0.643. The molecule has 1 heterocycles. The van der Waals surface area contributed by atoms with Crippen LogP contribution in [0.1, 0.15) is 11.6 Å². The second-order valence-electron chi connectivity index (χ2n) is 4.48. The molecule has 5 nitrogen and oxygen atoms in total. The smallest absolute Gasteiger partial charge is 0.432 e. The van der Waals surface area contributed by atoms with Gasteiger partial charge >= 0.3 is 18.2 Å². The van der Waals surface area contributed by atoms with E-state index in [1.54, 1.807) is 0 Å². The van der Waals surface area contributed by atoms with Gasteiger partial charge in [0.1, 0.15) is 5.70 Å². The van der Waals surface area contributed by atoms with Gasteiger partial charge in [0.15, 0.2) is 11.6 Å². The summed E-state index contributed by atoms with van der Waals surface area (Å²) in [6, 6.07) is -0.697. The molecule has 0 radical (unpaired) electrons. The van der Waals surface area contributed by atoms with Crippen LogP contribution in [0, 0.1) is 11.6 Å². The van der Waals surface area contributed by atoms with Crippen LogP contribution >= 0.6 is 0 Å². The first-order chi connectivity index (χ1) is 10.6. The number of hydrogen-bond donors (Lipinski definition) is 2. The molecule has 2 amide bonds. The molecule has 0 aromatic heterocycles. The number of rotatable bonds is 2. The first-order valence-electron chi connectivity index (χ1n) is 6.07. The predicted molar refractivity (Wildman–Crippen MR) is 65.9 cm³/mol. The lowest BCUT2D eigenvalue weighted by Crippen LogP contribution is -2.49. The van der Waals surface area contributed by atoms with Crippen LogP contribution in [-0.2, 0) is 9.53 Å². The number of carbonyl (C=O) groups excluding carboxylic acids is 2. The van der Waals surface area contributed by atoms with Crippen molar-refractivity contribution in [2.24, 2.45) is 0 Å². The Hall–Kier alpha value is -2.65. The Kier molecular flexibility index (Phi) is 4.26. The Labute approximate surface area is 126 Å². The van der Waals surface area contributed by atoms with E-state index in [-0.39, 0.29) is 5.56 Å². The van der Waals surface area contributed by atoms with Gasteiger partial charge in [-0.25, -0.2) is 18.4 Å². The maximum Gasteiger partial charge on any atom is 0.432 e. The molecular weight excluding hydrogens is 327 g/mol. The zero-order chi connectivity index (χ0) is 17.4. The highest BCUT2D eigenvalue weighted by Gasteiger charge is 2.45. The molecule has 0 bridgehead atoms. The number of allylic oxidation sites excluding steroid dienone is 1. The maximum absolute atomic E-state index is 13.3. The third-order valence-electron chi connectivity index (χ3n) is 3.04. The summed E-state index contributed by atoms with van der Waals surface area (Å²) in [5.74, 6) is -3.94. The van der Waals surface area contributed by atoms with Gasteiger partial charge in [0.05, 0.1) is 18.7 Å². The fraction of sp³-hybridized carbons (Fsp3) is 0.231. The molecule has 1 unspecified atom stereocenters. The predicted octanol–water partition coefficient (Wildman–Crippen LogP) is 2.31. The molecule has 0 saturated heterocycles. The molecule has 124 valence electrons. The zero-order valence-corrected chi connectivity index (χ0v) is 11.4. The molecule has 23 heavy (non-hydrogen) atoms. The van der Waals surface area contributed by atoms with Crippen molar-refractivity contribution < 1.29 is 36.3 Å². The molecule has 0 fully saturated rings. The monoisotopic (exact) mass is 336 g/mol. The number of urea groups is 1. The molecule has 0 spiro atoms. The topological polar surface area (TPSA) is 67.4 Å². The van der Waals surface area contributed by atoms with Gasteiger partial charge < -0.3 is 15.4 Å². The number of nitrogens with one attached hydrogen (secondary N) is 2. The van der Waals surface area contributed by atoms with Crippen molar-refractivity contribution in [1.29, 1.82) is 0 Å². The van der Waals surface area contributed by atoms with E-state index in [2.05, 4.69) is 4.74 Å². The molecule has 0 saturated carbocycles. The first-order valence-corrected chi connectivity index (χ1v) is 6.07. The van der Waals surface area contributed by atoms with Crippen molar-refractivity contribution in [2.75, 3.05) is 7.11 Å². The van der Waals surface area contributed by atoms with E-state index in [9.17, 15) is 31.5 Å². The molecule has 10 heteroatoms. The third kappa shape index (κ3) is 3.25. The highest BCUT2D eigenvalue weighted by Crippen LogP contribution is 2.35. The molecule has 1 aliphatic rings. The average molecular weight is 336 g/mol. The summed E-state index contributed by atoms with van der Waals surface area (Å²) >= 11 is 0. The minimum atomic E-state index is -5.06. The summed E-state index contributed by atoms with van der Waals surface area (Å²) in [5, 5.41) is 3.53. The summed E-state index contributed by atoms with van der Waals surface area (Å²) in [7, 11) is 0.849. The van der Waals surface area contributed by atoms with E-state index in [1.165, 1.54) is 5.32 Å². The van der Waals surface area contributed by atoms with E-state index < -0.39 is 47.1 Å². The lowest BCUT2D eigenvalue weighted by molar-refractivity contribution is -0.138. The highest BCUT2D eigenvalue weighted by atomic mass is 19.4. The Morgan fingerprint density at radius 2 is 1.87 bits per heavy atom. The van der Waals surface area contributed by atoms with Gasteiger partial charge in [0.25, 0.3) is 0 Å². The molecule has 2 N–H and O–H groups in total. The van der Waals surface area contributed by atoms with Gasteiger partial charge in [-0.1, -0.05) is 6.07 Å². The lowest BCUT2D eigenvalue weighted by atomic mass is 9.95. The second kappa shape index (κ2) is 5.86. The number of hydrogen-bond acceptors (Lipinski definition) is 3. The number of amides is 2. The SMILES string of the molecule is COC(=O)C1=C(C(F)(F)F)NC(=O)NC1c1ccc(F)c(F)c1. The van der Waals surface area contributed by atoms with Crippen LogP contribution in [0.3, 0.4) is 0 Å². The number of carbonyl (C=O) groups is 2. The number of ether oxygens (including phenoxy) is 1. The van der Waals surface area contributed by atoms with E-state index in [4.69, 9.17) is 0 Å². The van der Waals surface area contributed by atoms with Crippen LogP contribution in [0.2, 0.25) is 0 Å². The number of halogens is 5. The summed E-state index contributed by atoms with van der Waals surface area (Å²) in [4.78, 5) is 23.2. The normalized spacial score (nSPS) is 18.3. The van der Waals surface area contributed by atoms with Crippen LogP contribution in [-0.4, -0.2) is 25.3 Å². The summed E-state index contributed by atoms with van der Waals surface area (Å²) < 4.78 is 69.7. The zero-order valence-electron chi connectivity index (χ0n) is 11.4. The molecule has 1 aromatic rings. The lowest BCUT2D eigenvalue weighted by Gasteiger charge is -2.29. The fourth-order valence-corrected chi connectivity index (χ4v) is 2.06. The molecule has 2 rings (SSSR count). The number of methoxy groups -OCH3 is 1. The minimum Gasteiger partial charge on any atom is -0.466 e. The standard InChI is InChI=1S/C13H9F5N2O3/c1-23-11(21)8-9(5-2-3-6(14)7(15)4-5)19-12(22)20-10(8)13(16,17)18/h2-4,9H,1H3,(H2,19,20,22). The van der Waals surface area contributed by atoms with Gasteiger partial charge in [-0.2, -0.15) is 13.2 Å². The van der Waals surface area contributed by atoms with Gasteiger partial charge in [0.2, 0.25) is 0 Å². The summed E-state index contributed by atoms with van der Waals surface area (Å²) in [6.45, 7) is 0. The van der Waals surface area contributed by atoms with Gasteiger partial charge in [-0.3, -0.25) is 0 Å². The van der Waals surface area contributed by atoms with E-state index in [0.717, 1.165) is 13.2 Å². The van der Waals surface area contributed by atoms with Crippen LogP contribution in [0.5, 0.6) is 0 Å². The Bertz CT molecular complexity index is 699. The molecule has 1 aliphatic heterocycles. The van der Waals surface area contributed by atoms with E-state index in [0.29, 0.717) is 12.1 Å². The van der Waals surface area contributed by atoms with Crippen LogP contribution < -0.4 is 10.6 Å². The van der Waals surface area contributed by atoms with Gasteiger partial charge in [0, 0.05) is 0 Å². The molecular formula is C13H9F5N2O3. The Morgan fingerprint density at radius 3 is 2.39 bits per heavy atom. The third-order valence-corrected chi connectivity index (χ3v) is 3.04. The van der Waals surface area contributed by atoms with Crippen molar-refractivity contribution in [2.45, 2.75) is 12.2 Å². The molecule has 0 aliphatic carbocycles. The Morgan fingerprint density at radius 1 is 1.22 bits per heavy atom. The van der Waals surface area contributed by atoms with Crippen molar-refractivity contribution in [3.05, 3.63) is 46.7 Å². The van der Waals surface area contributed by atoms with Crippen molar-refractivity contribution >= 4 is 12.0 Å². The number of alkyl halides is 3. The van der Waals surface area contributed by atoms with Gasteiger partial charge in [-0.15, -0.1) is 0 Å². The van der Waals surface area contributed by atoms with Gasteiger partial charge in [-0.05, 0) is 17.7 Å².